The van der Waals surface area contributed by atoms with E-state index >= 15 is 0 Å². The Bertz CT molecular complexity index is 225. The molecule has 0 radical (unpaired) electrons. The zero-order valence-corrected chi connectivity index (χ0v) is 10.5. The first-order valence-electron chi connectivity index (χ1n) is 4.59. The number of halogens is 1. The van der Waals surface area contributed by atoms with Gasteiger partial charge >= 0.3 is 0 Å². The summed E-state index contributed by atoms with van der Waals surface area (Å²) < 4.78 is 3.95. The molecule has 0 aromatic carbocycles. The Hall–Kier alpha value is 0.0400. The van der Waals surface area contributed by atoms with Gasteiger partial charge in [-0.15, -0.1) is 0 Å². The van der Waals surface area contributed by atoms with Crippen LogP contribution in [0.15, 0.2) is 18.7 Å². The molecule has 0 unspecified atom stereocenters. The molecule has 0 spiro atoms. The van der Waals surface area contributed by atoms with Gasteiger partial charge in [0.2, 0.25) is 0 Å². The molecule has 0 aliphatic carbocycles. The van der Waals surface area contributed by atoms with Crippen LogP contribution in [0.1, 0.15) is 32.6 Å². The lowest BCUT2D eigenvalue weighted by Gasteiger charge is -1.95. The van der Waals surface area contributed by atoms with Crippen molar-refractivity contribution >= 4 is 12.8 Å². The Morgan fingerprint density at radius 2 is 2.08 bits per heavy atom. The van der Waals surface area contributed by atoms with Gasteiger partial charge in [-0.3, -0.25) is 0 Å². The summed E-state index contributed by atoms with van der Waals surface area (Å²) in [6.45, 7) is 3.35. The molecule has 13 heavy (non-hydrogen) atoms. The van der Waals surface area contributed by atoms with E-state index in [1.165, 1.54) is 25.7 Å². The first-order valence-corrected chi connectivity index (χ1v) is 4.99. The highest BCUT2D eigenvalue weighted by Crippen LogP contribution is 1.98. The van der Waals surface area contributed by atoms with E-state index in [1.54, 1.807) is 3.97 Å². The molecule has 4 heteroatoms. The summed E-state index contributed by atoms with van der Waals surface area (Å²) in [7, 11) is 0. The summed E-state index contributed by atoms with van der Waals surface area (Å²) in [5.41, 5.74) is 0. The molecule has 1 aromatic rings. The predicted octanol–water partition coefficient (Wildman–Crippen LogP) is -0.947. The third-order valence-corrected chi connectivity index (χ3v) is 2.18. The van der Waals surface area contributed by atoms with Gasteiger partial charge in [-0.1, -0.05) is 19.8 Å². The SMILES string of the molecule is CCCCCC[n+]1ccn(S)c1.[Br-]. The highest BCUT2D eigenvalue weighted by atomic mass is 79.9. The Kier molecular flexibility index (Phi) is 7.47. The maximum atomic E-state index is 4.16. The molecule has 0 aliphatic heterocycles. The standard InChI is InChI=1S/C9H17N2S.BrH/c1-2-3-4-5-6-10-7-8-11(12)9-10;/h7-9,12H,2-6H2,1H3;1H/q+1;/p-1. The molecule has 0 saturated heterocycles. The lowest BCUT2D eigenvalue weighted by atomic mass is 10.2. The number of hydrogen-bond acceptors (Lipinski definition) is 1. The van der Waals surface area contributed by atoms with Crippen molar-refractivity contribution in [2.45, 2.75) is 39.2 Å². The Balaban J connectivity index is 0.00000144. The fourth-order valence-corrected chi connectivity index (χ4v) is 1.43. The van der Waals surface area contributed by atoms with Crippen molar-refractivity contribution in [3.8, 4) is 0 Å². The van der Waals surface area contributed by atoms with Gasteiger partial charge in [0.1, 0.15) is 12.4 Å². The number of hydrogen-bond donors (Lipinski definition) is 1. The first-order chi connectivity index (χ1) is 5.83. The van der Waals surface area contributed by atoms with E-state index in [0.29, 0.717) is 0 Å². The van der Waals surface area contributed by atoms with Crippen LogP contribution in [0.5, 0.6) is 0 Å². The number of nitrogens with zero attached hydrogens (tertiary/aromatic N) is 2. The van der Waals surface area contributed by atoms with Gasteiger partial charge in [0.05, 0.1) is 6.54 Å². The summed E-state index contributed by atoms with van der Waals surface area (Å²) in [6.07, 6.45) is 11.3. The van der Waals surface area contributed by atoms with Crippen molar-refractivity contribution < 1.29 is 21.5 Å². The zero-order chi connectivity index (χ0) is 8.81. The topological polar surface area (TPSA) is 8.81 Å². The summed E-state index contributed by atoms with van der Waals surface area (Å²) in [5.74, 6) is 0. The van der Waals surface area contributed by atoms with E-state index < -0.39 is 0 Å². The fourth-order valence-electron chi connectivity index (χ4n) is 1.24. The van der Waals surface area contributed by atoms with Gasteiger partial charge in [-0.25, -0.2) is 4.57 Å². The maximum Gasteiger partial charge on any atom is 0.255 e. The number of thiol groups is 1. The molecule has 1 aromatic heterocycles. The molecule has 0 fully saturated rings. The monoisotopic (exact) mass is 264 g/mol. The van der Waals surface area contributed by atoms with Crippen molar-refractivity contribution in [1.29, 1.82) is 0 Å². The van der Waals surface area contributed by atoms with Crippen molar-refractivity contribution in [2.75, 3.05) is 0 Å². The van der Waals surface area contributed by atoms with Crippen LogP contribution in [-0.4, -0.2) is 3.97 Å². The second kappa shape index (κ2) is 7.44. The summed E-state index contributed by atoms with van der Waals surface area (Å²) in [6, 6.07) is 0. The molecule has 0 saturated carbocycles. The quantitative estimate of drug-likeness (QED) is 0.399. The second-order valence-corrected chi connectivity index (χ2v) is 3.55. The lowest BCUT2D eigenvalue weighted by molar-refractivity contribution is -0.696. The van der Waals surface area contributed by atoms with Gasteiger partial charge in [0.25, 0.3) is 6.33 Å². The summed E-state index contributed by atoms with van der Waals surface area (Å²) >= 11 is 4.16. The van der Waals surface area contributed by atoms with Crippen molar-refractivity contribution in [3.05, 3.63) is 18.7 Å². The van der Waals surface area contributed by atoms with Crippen molar-refractivity contribution in [2.24, 2.45) is 0 Å². The van der Waals surface area contributed by atoms with Crippen LogP contribution in [0.2, 0.25) is 0 Å². The molecule has 76 valence electrons. The molecule has 0 N–H and O–H groups in total. The normalized spacial score (nSPS) is 9.69. The first kappa shape index (κ1) is 13.0. The number of rotatable bonds is 5. The van der Waals surface area contributed by atoms with E-state index in [4.69, 9.17) is 0 Å². The fraction of sp³-hybridized carbons (Fsp3) is 0.667. The third-order valence-electron chi connectivity index (χ3n) is 1.95. The summed E-state index contributed by atoms with van der Waals surface area (Å²) in [4.78, 5) is 0. The number of unbranched alkanes of at least 4 members (excludes halogenated alkanes) is 3. The highest BCUT2D eigenvalue weighted by Gasteiger charge is 1.98. The van der Waals surface area contributed by atoms with Gasteiger partial charge in [0.15, 0.2) is 0 Å². The van der Waals surface area contributed by atoms with Gasteiger partial charge in [-0.05, 0) is 12.8 Å². The predicted molar refractivity (Wildman–Crippen MR) is 53.2 cm³/mol. The lowest BCUT2D eigenvalue weighted by Crippen LogP contribution is -3.00. The number of aromatic nitrogens is 2. The smallest absolute Gasteiger partial charge is 0.255 e. The van der Waals surface area contributed by atoms with E-state index in [-0.39, 0.29) is 17.0 Å². The largest absolute Gasteiger partial charge is 1.00 e. The molecule has 0 aliphatic rings. The van der Waals surface area contributed by atoms with E-state index in [0.717, 1.165) is 6.54 Å². The van der Waals surface area contributed by atoms with Gasteiger partial charge in [0, 0.05) is 12.8 Å². The van der Waals surface area contributed by atoms with Crippen LogP contribution < -0.4 is 21.5 Å². The average molecular weight is 265 g/mol. The van der Waals surface area contributed by atoms with Crippen LogP contribution in [0.25, 0.3) is 0 Å². The molecule has 0 atom stereocenters. The molecular formula is C9H17BrN2S. The maximum absolute atomic E-state index is 4.16. The van der Waals surface area contributed by atoms with Gasteiger partial charge in [-0.2, -0.15) is 3.97 Å². The van der Waals surface area contributed by atoms with Gasteiger partial charge < -0.3 is 17.0 Å². The average Bonchev–Trinajstić information content (AvgIpc) is 2.45. The molecule has 2 nitrogen and oxygen atoms in total. The Labute approximate surface area is 96.3 Å². The highest BCUT2D eigenvalue weighted by molar-refractivity contribution is 7.78. The molecule has 0 bridgehead atoms. The van der Waals surface area contributed by atoms with Crippen LogP contribution >= 0.6 is 12.8 Å². The van der Waals surface area contributed by atoms with Crippen LogP contribution in [-0.2, 0) is 6.54 Å². The minimum atomic E-state index is 0. The van der Waals surface area contributed by atoms with E-state index in [9.17, 15) is 0 Å². The van der Waals surface area contributed by atoms with E-state index in [2.05, 4.69) is 30.5 Å². The Morgan fingerprint density at radius 1 is 1.31 bits per heavy atom. The van der Waals surface area contributed by atoms with Crippen LogP contribution in [0.4, 0.5) is 0 Å². The molecule has 1 rings (SSSR count). The minimum Gasteiger partial charge on any atom is -1.00 e. The second-order valence-electron chi connectivity index (χ2n) is 3.09. The zero-order valence-electron chi connectivity index (χ0n) is 7.99. The number of imidazole rings is 1. The van der Waals surface area contributed by atoms with Crippen LogP contribution in [0.3, 0.4) is 0 Å². The van der Waals surface area contributed by atoms with Crippen molar-refractivity contribution in [3.63, 3.8) is 0 Å². The molecular weight excluding hydrogens is 248 g/mol. The Morgan fingerprint density at radius 3 is 2.62 bits per heavy atom. The molecule has 0 amide bonds. The molecule has 1 heterocycles. The van der Waals surface area contributed by atoms with Crippen LogP contribution in [0, 0.1) is 0 Å². The number of aryl methyl sites for hydroxylation is 1. The third kappa shape index (κ3) is 5.37. The van der Waals surface area contributed by atoms with Crippen molar-refractivity contribution in [1.82, 2.24) is 3.97 Å². The van der Waals surface area contributed by atoms with E-state index in [1.807, 2.05) is 12.5 Å². The summed E-state index contributed by atoms with van der Waals surface area (Å²) in [5, 5.41) is 0. The minimum absolute atomic E-state index is 0.